The van der Waals surface area contributed by atoms with Gasteiger partial charge in [0.1, 0.15) is 5.75 Å². The highest BCUT2D eigenvalue weighted by Crippen LogP contribution is 2.23. The minimum absolute atomic E-state index is 0.342. The summed E-state index contributed by atoms with van der Waals surface area (Å²) in [5.74, 6) is -0.723. The third-order valence-electron chi connectivity index (χ3n) is 2.58. The van der Waals surface area contributed by atoms with E-state index in [-0.39, 0.29) is 11.7 Å². The quantitative estimate of drug-likeness (QED) is 0.858. The molecule has 3 nitrogen and oxygen atoms in total. The third kappa shape index (κ3) is 5.32. The molecule has 0 spiro atoms. The van der Waals surface area contributed by atoms with Crippen molar-refractivity contribution in [2.45, 2.75) is 6.36 Å². The number of benzene rings is 2. The van der Waals surface area contributed by atoms with Gasteiger partial charge in [-0.05, 0) is 35.9 Å². The lowest BCUT2D eigenvalue weighted by atomic mass is 10.2. The van der Waals surface area contributed by atoms with E-state index in [0.717, 1.165) is 17.7 Å². The van der Waals surface area contributed by atoms with Crippen molar-refractivity contribution < 1.29 is 22.7 Å². The molecule has 0 heterocycles. The Morgan fingerprint density at radius 3 is 2.23 bits per heavy atom. The molecule has 1 amide bonds. The van der Waals surface area contributed by atoms with Gasteiger partial charge in [0, 0.05) is 11.8 Å². The van der Waals surface area contributed by atoms with Gasteiger partial charge in [-0.3, -0.25) is 4.79 Å². The Balaban J connectivity index is 1.93. The standard InChI is InChI=1S/C16H12F3NO2/c17-16(18,19)22-14-9-7-13(8-10-14)20-15(21)11-6-12-4-2-1-3-5-12/h1-11H,(H,20,21)/b11-6+. The molecule has 0 aliphatic heterocycles. The number of alkyl halides is 3. The van der Waals surface area contributed by atoms with E-state index < -0.39 is 6.36 Å². The molecule has 0 aliphatic carbocycles. The number of hydrogen-bond donors (Lipinski definition) is 1. The van der Waals surface area contributed by atoms with Gasteiger partial charge in [0.05, 0.1) is 0 Å². The van der Waals surface area contributed by atoms with Crippen LogP contribution < -0.4 is 10.1 Å². The molecule has 22 heavy (non-hydrogen) atoms. The Morgan fingerprint density at radius 2 is 1.64 bits per heavy atom. The molecule has 6 heteroatoms. The molecule has 0 saturated heterocycles. The molecule has 0 aromatic heterocycles. The van der Waals surface area contributed by atoms with Crippen molar-refractivity contribution in [2.75, 3.05) is 5.32 Å². The second-order valence-electron chi connectivity index (χ2n) is 4.31. The number of carbonyl (C=O) groups excluding carboxylic acids is 1. The monoisotopic (exact) mass is 307 g/mol. The van der Waals surface area contributed by atoms with Gasteiger partial charge in [-0.2, -0.15) is 0 Å². The number of hydrogen-bond acceptors (Lipinski definition) is 2. The van der Waals surface area contributed by atoms with Crippen LogP contribution in [0.2, 0.25) is 0 Å². The first kappa shape index (κ1) is 15.6. The molecule has 114 valence electrons. The maximum Gasteiger partial charge on any atom is 0.573 e. The first-order valence-corrected chi connectivity index (χ1v) is 6.32. The summed E-state index contributed by atoms with van der Waals surface area (Å²) in [6, 6.07) is 14.1. The molecule has 2 aromatic carbocycles. The third-order valence-corrected chi connectivity index (χ3v) is 2.58. The summed E-state index contributed by atoms with van der Waals surface area (Å²) >= 11 is 0. The molecule has 0 atom stereocenters. The van der Waals surface area contributed by atoms with Crippen LogP contribution >= 0.6 is 0 Å². The van der Waals surface area contributed by atoms with E-state index in [4.69, 9.17) is 0 Å². The minimum Gasteiger partial charge on any atom is -0.406 e. The molecular weight excluding hydrogens is 295 g/mol. The summed E-state index contributed by atoms with van der Waals surface area (Å²) < 4.78 is 39.8. The van der Waals surface area contributed by atoms with Crippen LogP contribution in [0.3, 0.4) is 0 Å². The predicted molar refractivity (Wildman–Crippen MR) is 77.2 cm³/mol. The van der Waals surface area contributed by atoms with E-state index in [0.29, 0.717) is 5.69 Å². The van der Waals surface area contributed by atoms with Gasteiger partial charge in [0.25, 0.3) is 0 Å². The van der Waals surface area contributed by atoms with Crippen LogP contribution in [0.4, 0.5) is 18.9 Å². The zero-order valence-electron chi connectivity index (χ0n) is 11.3. The Kier molecular flexibility index (Phi) is 4.83. The number of amides is 1. The van der Waals surface area contributed by atoms with Crippen molar-refractivity contribution in [2.24, 2.45) is 0 Å². The fourth-order valence-corrected chi connectivity index (χ4v) is 1.66. The van der Waals surface area contributed by atoms with Crippen molar-refractivity contribution in [1.29, 1.82) is 0 Å². The van der Waals surface area contributed by atoms with Gasteiger partial charge < -0.3 is 10.1 Å². The number of anilines is 1. The van der Waals surface area contributed by atoms with E-state index >= 15 is 0 Å². The lowest BCUT2D eigenvalue weighted by Gasteiger charge is -2.09. The van der Waals surface area contributed by atoms with Gasteiger partial charge in [0.15, 0.2) is 0 Å². The van der Waals surface area contributed by atoms with Crippen LogP contribution in [-0.4, -0.2) is 12.3 Å². The zero-order valence-corrected chi connectivity index (χ0v) is 11.3. The highest BCUT2D eigenvalue weighted by Gasteiger charge is 2.30. The van der Waals surface area contributed by atoms with E-state index in [1.807, 2.05) is 30.3 Å². The molecule has 0 radical (unpaired) electrons. The van der Waals surface area contributed by atoms with Crippen LogP contribution in [-0.2, 0) is 4.79 Å². The number of carbonyl (C=O) groups is 1. The Morgan fingerprint density at radius 1 is 1.00 bits per heavy atom. The average Bonchev–Trinajstić information content (AvgIpc) is 2.47. The Labute approximate surface area is 125 Å². The number of halogens is 3. The van der Waals surface area contributed by atoms with Crippen molar-refractivity contribution in [3.8, 4) is 5.75 Å². The number of rotatable bonds is 4. The van der Waals surface area contributed by atoms with Gasteiger partial charge in [-0.1, -0.05) is 30.3 Å². The fourth-order valence-electron chi connectivity index (χ4n) is 1.66. The smallest absolute Gasteiger partial charge is 0.406 e. The summed E-state index contributed by atoms with van der Waals surface area (Å²) in [7, 11) is 0. The first-order chi connectivity index (χ1) is 10.4. The van der Waals surface area contributed by atoms with Crippen molar-refractivity contribution in [3.05, 3.63) is 66.2 Å². The maximum absolute atomic E-state index is 12.0. The average molecular weight is 307 g/mol. The number of nitrogens with one attached hydrogen (secondary N) is 1. The molecule has 1 N–H and O–H groups in total. The topological polar surface area (TPSA) is 38.3 Å². The number of ether oxygens (including phenoxy) is 1. The summed E-state index contributed by atoms with van der Waals surface area (Å²) in [5, 5.41) is 2.54. The summed E-state index contributed by atoms with van der Waals surface area (Å²) in [5.41, 5.74) is 1.24. The predicted octanol–water partition coefficient (Wildman–Crippen LogP) is 4.24. The lowest BCUT2D eigenvalue weighted by molar-refractivity contribution is -0.274. The van der Waals surface area contributed by atoms with Crippen molar-refractivity contribution in [1.82, 2.24) is 0 Å². The molecular formula is C16H12F3NO2. The highest BCUT2D eigenvalue weighted by molar-refractivity contribution is 6.01. The zero-order chi connectivity index (χ0) is 16.0. The van der Waals surface area contributed by atoms with E-state index in [1.165, 1.54) is 18.2 Å². The largest absolute Gasteiger partial charge is 0.573 e. The van der Waals surface area contributed by atoms with Crippen molar-refractivity contribution >= 4 is 17.7 Å². The maximum atomic E-state index is 12.0. The van der Waals surface area contributed by atoms with Crippen LogP contribution in [0.25, 0.3) is 6.08 Å². The van der Waals surface area contributed by atoms with Crippen LogP contribution in [0.1, 0.15) is 5.56 Å². The summed E-state index contributed by atoms with van der Waals surface area (Å²) in [6.07, 6.45) is -1.75. The summed E-state index contributed by atoms with van der Waals surface area (Å²) in [4.78, 5) is 11.7. The molecule has 2 aromatic rings. The SMILES string of the molecule is O=C(/C=C/c1ccccc1)Nc1ccc(OC(F)(F)F)cc1. The van der Waals surface area contributed by atoms with Crippen molar-refractivity contribution in [3.63, 3.8) is 0 Å². The first-order valence-electron chi connectivity index (χ1n) is 6.32. The Bertz CT molecular complexity index is 649. The molecule has 0 aliphatic rings. The van der Waals surface area contributed by atoms with Gasteiger partial charge in [0.2, 0.25) is 5.91 Å². The lowest BCUT2D eigenvalue weighted by Crippen LogP contribution is -2.17. The van der Waals surface area contributed by atoms with Crippen LogP contribution in [0.15, 0.2) is 60.7 Å². The normalized spacial score (nSPS) is 11.4. The van der Waals surface area contributed by atoms with Gasteiger partial charge in [-0.25, -0.2) is 0 Å². The van der Waals surface area contributed by atoms with Crippen LogP contribution in [0.5, 0.6) is 5.75 Å². The fraction of sp³-hybridized carbons (Fsp3) is 0.0625. The van der Waals surface area contributed by atoms with Gasteiger partial charge >= 0.3 is 6.36 Å². The van der Waals surface area contributed by atoms with E-state index in [1.54, 1.807) is 6.08 Å². The second kappa shape index (κ2) is 6.80. The van der Waals surface area contributed by atoms with E-state index in [9.17, 15) is 18.0 Å². The molecule has 0 bridgehead atoms. The molecule has 0 fully saturated rings. The molecule has 2 rings (SSSR count). The Hall–Kier alpha value is -2.76. The molecule has 0 unspecified atom stereocenters. The van der Waals surface area contributed by atoms with Gasteiger partial charge in [-0.15, -0.1) is 13.2 Å². The highest BCUT2D eigenvalue weighted by atomic mass is 19.4. The second-order valence-corrected chi connectivity index (χ2v) is 4.31. The molecule has 0 saturated carbocycles. The summed E-state index contributed by atoms with van der Waals surface area (Å²) in [6.45, 7) is 0. The van der Waals surface area contributed by atoms with Crippen LogP contribution in [0, 0.1) is 0 Å². The minimum atomic E-state index is -4.73. The van der Waals surface area contributed by atoms with E-state index in [2.05, 4.69) is 10.1 Å².